The summed E-state index contributed by atoms with van der Waals surface area (Å²) in [6.45, 7) is 4.42. The molecule has 1 amide bonds. The van der Waals surface area contributed by atoms with Crippen LogP contribution in [0.1, 0.15) is 36.6 Å². The van der Waals surface area contributed by atoms with Crippen molar-refractivity contribution in [2.45, 2.75) is 37.6 Å². The summed E-state index contributed by atoms with van der Waals surface area (Å²) in [5.74, 6) is -0.449. The van der Waals surface area contributed by atoms with Gasteiger partial charge in [-0.05, 0) is 48.6 Å². The van der Waals surface area contributed by atoms with Crippen molar-refractivity contribution in [1.82, 2.24) is 10.6 Å². The number of hydrogen-bond donors (Lipinski definition) is 3. The molecular weight excluding hydrogens is 400 g/mol. The number of aryl methyl sites for hydroxylation is 1. The molecule has 0 saturated heterocycles. The molecule has 0 radical (unpaired) electrons. The molecular formula is C22H26N4O3S. The van der Waals surface area contributed by atoms with Gasteiger partial charge in [0, 0.05) is 12.7 Å². The summed E-state index contributed by atoms with van der Waals surface area (Å²) in [5.41, 5.74) is 3.07. The molecule has 0 heterocycles. The molecule has 1 unspecified atom stereocenters. The quantitative estimate of drug-likeness (QED) is 0.322. The maximum Gasteiger partial charge on any atom is 0.263 e. The molecule has 1 atom stereocenters. The summed E-state index contributed by atoms with van der Waals surface area (Å²) in [4.78, 5) is 12.4. The van der Waals surface area contributed by atoms with Gasteiger partial charge in [-0.3, -0.25) is 4.79 Å². The first-order chi connectivity index (χ1) is 14.2. The summed E-state index contributed by atoms with van der Waals surface area (Å²) in [7, 11) is -3.71. The molecule has 2 aromatic carbocycles. The Kier molecular flexibility index (Phi) is 8.16. The average molecular weight is 427 g/mol. The lowest BCUT2D eigenvalue weighted by atomic mass is 10.0. The number of benzene rings is 2. The van der Waals surface area contributed by atoms with E-state index in [4.69, 9.17) is 5.14 Å². The summed E-state index contributed by atoms with van der Waals surface area (Å²) in [5, 5.41) is 20.1. The molecule has 4 N–H and O–H groups in total. The van der Waals surface area contributed by atoms with Crippen LogP contribution in [0.4, 0.5) is 0 Å². The minimum Gasteiger partial charge on any atom is -0.389 e. The zero-order chi connectivity index (χ0) is 22.1. The Morgan fingerprint density at radius 2 is 1.73 bits per heavy atom. The Morgan fingerprint density at radius 3 is 2.27 bits per heavy atom. The largest absolute Gasteiger partial charge is 0.389 e. The van der Waals surface area contributed by atoms with E-state index in [1.807, 2.05) is 37.3 Å². The molecule has 0 fully saturated rings. The number of nitrogens with one attached hydrogen (secondary N) is 2. The van der Waals surface area contributed by atoms with Crippen LogP contribution in [-0.4, -0.2) is 20.9 Å². The molecule has 158 valence electrons. The van der Waals surface area contributed by atoms with E-state index >= 15 is 0 Å². The lowest BCUT2D eigenvalue weighted by Gasteiger charge is -2.14. The third-order valence-electron chi connectivity index (χ3n) is 4.66. The van der Waals surface area contributed by atoms with Crippen LogP contribution in [0.2, 0.25) is 0 Å². The first kappa shape index (κ1) is 23.1. The number of hydrogen-bond acceptors (Lipinski definition) is 5. The van der Waals surface area contributed by atoms with E-state index in [1.165, 1.54) is 23.9 Å². The molecule has 2 rings (SSSR count). The molecule has 30 heavy (non-hydrogen) atoms. The molecule has 0 aliphatic carbocycles. The Balaban J connectivity index is 1.88. The van der Waals surface area contributed by atoms with Crippen LogP contribution in [0.3, 0.4) is 0 Å². The maximum atomic E-state index is 12.4. The standard InChI is InChI=1S/C22H26N4O3S/c1-3-17-4-8-19(9-5-17)16(2)26-22(27)20(14-23)15-25-13-12-18-6-10-21(11-7-18)30(24,28)29/h4-11,15-16,25H,3,12-13H2,1-2H3,(H,26,27)(H2,24,28,29)/b20-15-. The van der Waals surface area contributed by atoms with E-state index in [2.05, 4.69) is 17.6 Å². The van der Waals surface area contributed by atoms with Gasteiger partial charge in [-0.15, -0.1) is 0 Å². The topological polar surface area (TPSA) is 125 Å². The Bertz CT molecular complexity index is 1040. The van der Waals surface area contributed by atoms with Crippen LogP contribution in [0.25, 0.3) is 0 Å². The van der Waals surface area contributed by atoms with Crippen molar-refractivity contribution in [3.8, 4) is 6.07 Å². The molecule has 0 aromatic heterocycles. The first-order valence-corrected chi connectivity index (χ1v) is 11.1. The van der Waals surface area contributed by atoms with Crippen molar-refractivity contribution in [3.63, 3.8) is 0 Å². The van der Waals surface area contributed by atoms with Gasteiger partial charge in [-0.2, -0.15) is 5.26 Å². The number of amides is 1. The second kappa shape index (κ2) is 10.6. The zero-order valence-electron chi connectivity index (χ0n) is 17.1. The van der Waals surface area contributed by atoms with E-state index in [0.29, 0.717) is 13.0 Å². The molecule has 0 spiro atoms. The summed E-state index contributed by atoms with van der Waals surface area (Å²) < 4.78 is 22.5. The van der Waals surface area contributed by atoms with Crippen LogP contribution in [-0.2, 0) is 27.7 Å². The predicted molar refractivity (Wildman–Crippen MR) is 116 cm³/mol. The highest BCUT2D eigenvalue weighted by Crippen LogP contribution is 2.14. The summed E-state index contributed by atoms with van der Waals surface area (Å²) in [6, 6.07) is 15.9. The van der Waals surface area contributed by atoms with Crippen molar-refractivity contribution in [1.29, 1.82) is 5.26 Å². The Labute approximate surface area is 177 Å². The van der Waals surface area contributed by atoms with Crippen LogP contribution in [0, 0.1) is 11.3 Å². The molecule has 0 aliphatic rings. The SMILES string of the molecule is CCc1ccc(C(C)NC(=O)/C(C#N)=C\NCCc2ccc(S(N)(=O)=O)cc2)cc1. The van der Waals surface area contributed by atoms with Gasteiger partial charge in [-0.25, -0.2) is 13.6 Å². The number of nitrogens with zero attached hydrogens (tertiary/aromatic N) is 1. The van der Waals surface area contributed by atoms with Gasteiger partial charge in [0.2, 0.25) is 10.0 Å². The fraction of sp³-hybridized carbons (Fsp3) is 0.273. The molecule has 2 aromatic rings. The lowest BCUT2D eigenvalue weighted by molar-refractivity contribution is -0.117. The van der Waals surface area contributed by atoms with Crippen LogP contribution in [0.15, 0.2) is 65.2 Å². The fourth-order valence-corrected chi connectivity index (χ4v) is 3.30. The van der Waals surface area contributed by atoms with E-state index < -0.39 is 15.9 Å². The second-order valence-electron chi connectivity index (χ2n) is 6.85. The summed E-state index contributed by atoms with van der Waals surface area (Å²) >= 11 is 0. The monoisotopic (exact) mass is 426 g/mol. The highest BCUT2D eigenvalue weighted by Gasteiger charge is 2.13. The Morgan fingerprint density at radius 1 is 1.13 bits per heavy atom. The van der Waals surface area contributed by atoms with Crippen molar-refractivity contribution in [2.24, 2.45) is 5.14 Å². The normalized spacial score (nSPS) is 12.7. The van der Waals surface area contributed by atoms with Gasteiger partial charge in [0.1, 0.15) is 11.6 Å². The van der Waals surface area contributed by atoms with Crippen LogP contribution < -0.4 is 15.8 Å². The maximum absolute atomic E-state index is 12.4. The number of nitriles is 1. The molecule has 7 nitrogen and oxygen atoms in total. The van der Waals surface area contributed by atoms with E-state index in [-0.39, 0.29) is 16.5 Å². The highest BCUT2D eigenvalue weighted by molar-refractivity contribution is 7.89. The van der Waals surface area contributed by atoms with Gasteiger partial charge in [0.25, 0.3) is 5.91 Å². The number of rotatable bonds is 9. The molecule has 0 aliphatic heterocycles. The van der Waals surface area contributed by atoms with Gasteiger partial charge in [0.05, 0.1) is 10.9 Å². The van der Waals surface area contributed by atoms with Gasteiger partial charge >= 0.3 is 0 Å². The lowest BCUT2D eigenvalue weighted by Crippen LogP contribution is -2.28. The van der Waals surface area contributed by atoms with Crippen molar-refractivity contribution >= 4 is 15.9 Å². The predicted octanol–water partition coefficient (Wildman–Crippen LogP) is 2.31. The molecule has 0 saturated carbocycles. The van der Waals surface area contributed by atoms with Gasteiger partial charge < -0.3 is 10.6 Å². The van der Waals surface area contributed by atoms with Crippen molar-refractivity contribution < 1.29 is 13.2 Å². The fourth-order valence-electron chi connectivity index (χ4n) is 2.78. The minimum absolute atomic E-state index is 0.0170. The highest BCUT2D eigenvalue weighted by atomic mass is 32.2. The Hall–Kier alpha value is -3.15. The second-order valence-corrected chi connectivity index (χ2v) is 8.41. The van der Waals surface area contributed by atoms with Gasteiger partial charge in [-0.1, -0.05) is 43.3 Å². The third kappa shape index (κ3) is 6.72. The number of primary sulfonamides is 1. The average Bonchev–Trinajstić information content (AvgIpc) is 2.73. The van der Waals surface area contributed by atoms with Crippen LogP contribution in [0.5, 0.6) is 0 Å². The van der Waals surface area contributed by atoms with Gasteiger partial charge in [0.15, 0.2) is 0 Å². The third-order valence-corrected chi connectivity index (χ3v) is 5.59. The number of sulfonamides is 1. The van der Waals surface area contributed by atoms with Crippen molar-refractivity contribution in [2.75, 3.05) is 6.54 Å². The zero-order valence-corrected chi connectivity index (χ0v) is 17.9. The number of nitrogens with two attached hydrogens (primary N) is 1. The molecule has 0 bridgehead atoms. The first-order valence-electron chi connectivity index (χ1n) is 9.59. The van der Waals surface area contributed by atoms with Crippen LogP contribution >= 0.6 is 0 Å². The van der Waals surface area contributed by atoms with E-state index in [9.17, 15) is 18.5 Å². The van der Waals surface area contributed by atoms with E-state index in [1.54, 1.807) is 12.1 Å². The van der Waals surface area contributed by atoms with Crippen molar-refractivity contribution in [3.05, 3.63) is 77.0 Å². The number of carbonyl (C=O) groups is 1. The van der Waals surface area contributed by atoms with E-state index in [0.717, 1.165) is 17.5 Å². The smallest absolute Gasteiger partial charge is 0.263 e. The minimum atomic E-state index is -3.71. The number of carbonyl (C=O) groups excluding carboxylic acids is 1. The summed E-state index contributed by atoms with van der Waals surface area (Å²) in [6.07, 6.45) is 2.92. The molecule has 8 heteroatoms.